The Hall–Kier alpha value is -1.46. The molecule has 1 aliphatic heterocycles. The Labute approximate surface area is 126 Å². The molecule has 0 radical (unpaired) electrons. The molecule has 2 heterocycles. The van der Waals surface area contributed by atoms with Crippen LogP contribution in [0.4, 0.5) is 0 Å². The van der Waals surface area contributed by atoms with Gasteiger partial charge >= 0.3 is 0 Å². The molecule has 0 spiro atoms. The summed E-state index contributed by atoms with van der Waals surface area (Å²) in [7, 11) is 0. The van der Waals surface area contributed by atoms with Crippen LogP contribution in [0.1, 0.15) is 25.0 Å². The van der Waals surface area contributed by atoms with E-state index in [9.17, 15) is 4.79 Å². The molecule has 0 aromatic carbocycles. The van der Waals surface area contributed by atoms with Crippen LogP contribution in [0, 0.1) is 5.92 Å². The topological polar surface area (TPSA) is 62.5 Å². The lowest BCUT2D eigenvalue weighted by Gasteiger charge is -2.35. The summed E-state index contributed by atoms with van der Waals surface area (Å²) in [6, 6.07) is 6.07. The Kier molecular flexibility index (Phi) is 4.51. The standard InChI is InChI=1S/C16H24N4O/c17-15(13-4-5-13)11-16(21)20-9-7-19(8-10-20)12-14-3-1-2-6-18-14/h1-3,6,13,15H,4-5,7-12,17H2. The van der Waals surface area contributed by atoms with E-state index < -0.39 is 0 Å². The monoisotopic (exact) mass is 288 g/mol. The number of amides is 1. The van der Waals surface area contributed by atoms with E-state index in [2.05, 4.69) is 9.88 Å². The van der Waals surface area contributed by atoms with Crippen molar-refractivity contribution in [3.63, 3.8) is 0 Å². The molecule has 1 unspecified atom stereocenters. The largest absolute Gasteiger partial charge is 0.340 e. The Balaban J connectivity index is 1.43. The van der Waals surface area contributed by atoms with Crippen LogP contribution in [0.3, 0.4) is 0 Å². The molecule has 2 aliphatic rings. The number of piperazine rings is 1. The Morgan fingerprint density at radius 2 is 2.05 bits per heavy atom. The van der Waals surface area contributed by atoms with E-state index in [1.807, 2.05) is 29.3 Å². The number of carbonyl (C=O) groups excluding carboxylic acids is 1. The van der Waals surface area contributed by atoms with Gasteiger partial charge < -0.3 is 10.6 Å². The van der Waals surface area contributed by atoms with Gasteiger partial charge in [0.1, 0.15) is 0 Å². The minimum absolute atomic E-state index is 0.0732. The van der Waals surface area contributed by atoms with Gasteiger partial charge in [-0.25, -0.2) is 0 Å². The zero-order chi connectivity index (χ0) is 14.7. The predicted molar refractivity (Wildman–Crippen MR) is 81.4 cm³/mol. The summed E-state index contributed by atoms with van der Waals surface area (Å²) in [4.78, 5) is 20.9. The molecule has 1 saturated heterocycles. The second-order valence-corrected chi connectivity index (χ2v) is 6.18. The van der Waals surface area contributed by atoms with Gasteiger partial charge in [-0.2, -0.15) is 0 Å². The van der Waals surface area contributed by atoms with Gasteiger partial charge in [0.15, 0.2) is 0 Å². The number of nitrogens with two attached hydrogens (primary N) is 1. The lowest BCUT2D eigenvalue weighted by Crippen LogP contribution is -2.49. The average Bonchev–Trinajstić information content (AvgIpc) is 3.33. The number of rotatable bonds is 5. The second-order valence-electron chi connectivity index (χ2n) is 6.18. The molecule has 1 saturated carbocycles. The summed E-state index contributed by atoms with van der Waals surface area (Å²) in [6.45, 7) is 4.32. The van der Waals surface area contributed by atoms with Crippen molar-refractivity contribution in [1.82, 2.24) is 14.8 Å². The number of aromatic nitrogens is 1. The van der Waals surface area contributed by atoms with Gasteiger partial charge in [0.05, 0.1) is 5.69 Å². The van der Waals surface area contributed by atoms with Crippen LogP contribution in [0.15, 0.2) is 24.4 Å². The summed E-state index contributed by atoms with van der Waals surface area (Å²) >= 11 is 0. The van der Waals surface area contributed by atoms with Crippen LogP contribution >= 0.6 is 0 Å². The molecule has 3 rings (SSSR count). The van der Waals surface area contributed by atoms with Crippen molar-refractivity contribution in [2.75, 3.05) is 26.2 Å². The Bertz CT molecular complexity index is 466. The first-order valence-corrected chi connectivity index (χ1v) is 7.88. The highest BCUT2D eigenvalue weighted by molar-refractivity contribution is 5.77. The molecule has 21 heavy (non-hydrogen) atoms. The van der Waals surface area contributed by atoms with E-state index in [-0.39, 0.29) is 11.9 Å². The van der Waals surface area contributed by atoms with Crippen LogP contribution in [0.5, 0.6) is 0 Å². The summed E-state index contributed by atoms with van der Waals surface area (Å²) in [5.41, 5.74) is 7.14. The third kappa shape index (κ3) is 4.02. The highest BCUT2D eigenvalue weighted by atomic mass is 16.2. The fourth-order valence-corrected chi connectivity index (χ4v) is 2.90. The van der Waals surface area contributed by atoms with E-state index in [0.29, 0.717) is 12.3 Å². The molecule has 2 fully saturated rings. The van der Waals surface area contributed by atoms with Gasteiger partial charge in [-0.15, -0.1) is 0 Å². The number of carbonyl (C=O) groups is 1. The Morgan fingerprint density at radius 1 is 1.29 bits per heavy atom. The molecule has 5 nitrogen and oxygen atoms in total. The van der Waals surface area contributed by atoms with Gasteiger partial charge in [0.2, 0.25) is 5.91 Å². The maximum Gasteiger partial charge on any atom is 0.224 e. The van der Waals surface area contributed by atoms with E-state index in [0.717, 1.165) is 38.4 Å². The number of nitrogens with zero attached hydrogens (tertiary/aromatic N) is 3. The van der Waals surface area contributed by atoms with E-state index in [1.165, 1.54) is 12.8 Å². The fraction of sp³-hybridized carbons (Fsp3) is 0.625. The quantitative estimate of drug-likeness (QED) is 0.872. The van der Waals surface area contributed by atoms with Crippen molar-refractivity contribution < 1.29 is 4.79 Å². The highest BCUT2D eigenvalue weighted by Crippen LogP contribution is 2.33. The third-order valence-electron chi connectivity index (χ3n) is 4.47. The summed E-state index contributed by atoms with van der Waals surface area (Å²) < 4.78 is 0. The smallest absolute Gasteiger partial charge is 0.224 e. The number of pyridine rings is 1. The minimum atomic E-state index is 0.0732. The fourth-order valence-electron chi connectivity index (χ4n) is 2.90. The second kappa shape index (κ2) is 6.54. The molecule has 1 aromatic rings. The molecule has 5 heteroatoms. The van der Waals surface area contributed by atoms with Crippen molar-refractivity contribution in [2.45, 2.75) is 31.8 Å². The average molecular weight is 288 g/mol. The zero-order valence-electron chi connectivity index (χ0n) is 12.4. The van der Waals surface area contributed by atoms with Gasteiger partial charge in [0.25, 0.3) is 0 Å². The van der Waals surface area contributed by atoms with Crippen LogP contribution in [-0.4, -0.2) is 52.9 Å². The third-order valence-corrected chi connectivity index (χ3v) is 4.47. The molecule has 1 amide bonds. The van der Waals surface area contributed by atoms with Gasteiger partial charge in [-0.05, 0) is 30.9 Å². The molecule has 1 aliphatic carbocycles. The normalized spacial score (nSPS) is 21.3. The Morgan fingerprint density at radius 3 is 2.67 bits per heavy atom. The number of hydrogen-bond donors (Lipinski definition) is 1. The maximum atomic E-state index is 12.2. The number of hydrogen-bond acceptors (Lipinski definition) is 4. The summed E-state index contributed by atoms with van der Waals surface area (Å²) in [5, 5.41) is 0. The molecular weight excluding hydrogens is 264 g/mol. The lowest BCUT2D eigenvalue weighted by molar-refractivity contribution is -0.133. The van der Waals surface area contributed by atoms with Crippen molar-refractivity contribution in [3.05, 3.63) is 30.1 Å². The minimum Gasteiger partial charge on any atom is -0.340 e. The van der Waals surface area contributed by atoms with Gasteiger partial charge in [0, 0.05) is 51.4 Å². The molecular formula is C16H24N4O. The molecule has 0 bridgehead atoms. The molecule has 114 valence electrons. The summed E-state index contributed by atoms with van der Waals surface area (Å²) in [5.74, 6) is 0.825. The maximum absolute atomic E-state index is 12.2. The molecule has 2 N–H and O–H groups in total. The predicted octanol–water partition coefficient (Wildman–Crippen LogP) is 0.853. The van der Waals surface area contributed by atoms with E-state index in [1.54, 1.807) is 0 Å². The molecule has 1 aromatic heterocycles. The first-order chi connectivity index (χ1) is 10.2. The first kappa shape index (κ1) is 14.5. The first-order valence-electron chi connectivity index (χ1n) is 7.88. The van der Waals surface area contributed by atoms with Crippen LogP contribution in [0.2, 0.25) is 0 Å². The van der Waals surface area contributed by atoms with Gasteiger partial charge in [-0.1, -0.05) is 6.07 Å². The highest BCUT2D eigenvalue weighted by Gasteiger charge is 2.31. The van der Waals surface area contributed by atoms with E-state index in [4.69, 9.17) is 5.73 Å². The van der Waals surface area contributed by atoms with Crippen molar-refractivity contribution >= 4 is 5.91 Å². The van der Waals surface area contributed by atoms with Crippen LogP contribution < -0.4 is 5.73 Å². The lowest BCUT2D eigenvalue weighted by atomic mass is 10.1. The van der Waals surface area contributed by atoms with Gasteiger partial charge in [-0.3, -0.25) is 14.7 Å². The summed E-state index contributed by atoms with van der Waals surface area (Å²) in [6.07, 6.45) is 4.75. The SMILES string of the molecule is NC(CC(=O)N1CCN(Cc2ccccn2)CC1)C1CC1. The van der Waals surface area contributed by atoms with Crippen LogP contribution in [-0.2, 0) is 11.3 Å². The van der Waals surface area contributed by atoms with Crippen molar-refractivity contribution in [3.8, 4) is 0 Å². The van der Waals surface area contributed by atoms with E-state index >= 15 is 0 Å². The zero-order valence-corrected chi connectivity index (χ0v) is 12.4. The van der Waals surface area contributed by atoms with Crippen molar-refractivity contribution in [2.24, 2.45) is 11.7 Å². The van der Waals surface area contributed by atoms with Crippen molar-refractivity contribution in [1.29, 1.82) is 0 Å². The van der Waals surface area contributed by atoms with Crippen LogP contribution in [0.25, 0.3) is 0 Å². The molecule has 1 atom stereocenters.